The number of amides is 1. The first-order valence-corrected chi connectivity index (χ1v) is 11.9. The number of aromatic carboxylic acids is 1. The van der Waals surface area contributed by atoms with Crippen molar-refractivity contribution >= 4 is 50.0 Å². The van der Waals surface area contributed by atoms with Gasteiger partial charge in [0.2, 0.25) is 5.91 Å². The Morgan fingerprint density at radius 3 is 2.88 bits per heavy atom. The zero-order valence-electron chi connectivity index (χ0n) is 18.7. The molecule has 2 N–H and O–H groups in total. The van der Waals surface area contributed by atoms with Gasteiger partial charge in [-0.1, -0.05) is 18.2 Å². The summed E-state index contributed by atoms with van der Waals surface area (Å²) in [6.45, 7) is 3.08. The van der Waals surface area contributed by atoms with E-state index in [0.717, 1.165) is 57.6 Å². The third-order valence-electron chi connectivity index (χ3n) is 6.57. The van der Waals surface area contributed by atoms with E-state index in [9.17, 15) is 14.7 Å². The van der Waals surface area contributed by atoms with Gasteiger partial charge >= 0.3 is 5.97 Å². The van der Waals surface area contributed by atoms with Crippen LogP contribution < -0.4 is 5.32 Å². The van der Waals surface area contributed by atoms with E-state index in [1.807, 2.05) is 61.0 Å². The molecule has 7 nitrogen and oxygen atoms in total. The van der Waals surface area contributed by atoms with Gasteiger partial charge in [-0.3, -0.25) is 9.69 Å². The summed E-state index contributed by atoms with van der Waals surface area (Å²) >= 11 is 1.33. The number of aromatic nitrogens is 2. The summed E-state index contributed by atoms with van der Waals surface area (Å²) in [5.74, 6) is -0.0220. The molecule has 170 valence electrons. The van der Waals surface area contributed by atoms with Crippen molar-refractivity contribution in [3.8, 4) is 0 Å². The predicted molar refractivity (Wildman–Crippen MR) is 131 cm³/mol. The number of carboxylic acid groups (broad SMARTS) is 1. The second-order valence-corrected chi connectivity index (χ2v) is 9.70. The van der Waals surface area contributed by atoms with Gasteiger partial charge in [0.25, 0.3) is 0 Å². The zero-order valence-corrected chi connectivity index (χ0v) is 19.5. The van der Waals surface area contributed by atoms with E-state index >= 15 is 0 Å². The molecular formula is C25H26N4O3S. The molecular weight excluding hydrogens is 436 g/mol. The fourth-order valence-electron chi connectivity index (χ4n) is 4.83. The van der Waals surface area contributed by atoms with Crippen molar-refractivity contribution < 1.29 is 14.7 Å². The molecule has 8 heteroatoms. The Balaban J connectivity index is 1.31. The molecule has 1 atom stereocenters. The van der Waals surface area contributed by atoms with E-state index in [0.29, 0.717) is 11.3 Å². The molecule has 1 aliphatic rings. The molecule has 0 saturated carbocycles. The third-order valence-corrected chi connectivity index (χ3v) is 7.77. The topological polar surface area (TPSA) is 87.5 Å². The number of fused-ring (bicyclic) bond motifs is 2. The smallest absolute Gasteiger partial charge is 0.346 e. The average molecular weight is 463 g/mol. The summed E-state index contributed by atoms with van der Waals surface area (Å²) in [5.41, 5.74) is 3.51. The summed E-state index contributed by atoms with van der Waals surface area (Å²) in [6, 6.07) is 13.8. The van der Waals surface area contributed by atoms with Gasteiger partial charge in [-0.05, 0) is 67.9 Å². The molecule has 3 heterocycles. The van der Waals surface area contributed by atoms with Crippen LogP contribution in [0.4, 0.5) is 5.69 Å². The highest BCUT2D eigenvalue weighted by Gasteiger charge is 2.29. The van der Waals surface area contributed by atoms with Gasteiger partial charge < -0.3 is 15.0 Å². The fraction of sp³-hybridized carbons (Fsp3) is 0.320. The van der Waals surface area contributed by atoms with Crippen molar-refractivity contribution in [2.75, 3.05) is 18.4 Å². The van der Waals surface area contributed by atoms with Crippen molar-refractivity contribution in [1.82, 2.24) is 14.5 Å². The third kappa shape index (κ3) is 4.12. The average Bonchev–Trinajstić information content (AvgIpc) is 3.45. The van der Waals surface area contributed by atoms with Crippen LogP contribution in [0.15, 0.2) is 42.5 Å². The van der Waals surface area contributed by atoms with Gasteiger partial charge in [0.1, 0.15) is 10.7 Å². The number of aryl methyl sites for hydroxylation is 2. The number of hydrogen-bond acceptors (Lipinski definition) is 5. The molecule has 0 bridgehead atoms. The molecule has 1 fully saturated rings. The summed E-state index contributed by atoms with van der Waals surface area (Å²) < 4.78 is 3.02. The number of carboxylic acids is 1. The highest BCUT2D eigenvalue weighted by Crippen LogP contribution is 2.34. The SMILES string of the molecule is Cc1nc2cc(NC(=O)CN3CCCC3Cc3c(C(=O)O)sc4ccccc34)ccc2n1C. The number of nitrogens with one attached hydrogen (secondary N) is 1. The minimum Gasteiger partial charge on any atom is -0.477 e. The molecule has 33 heavy (non-hydrogen) atoms. The van der Waals surface area contributed by atoms with E-state index in [-0.39, 0.29) is 18.5 Å². The molecule has 2 aromatic heterocycles. The quantitative estimate of drug-likeness (QED) is 0.442. The van der Waals surface area contributed by atoms with Crippen LogP contribution in [0.25, 0.3) is 21.1 Å². The molecule has 1 unspecified atom stereocenters. The second kappa shape index (κ2) is 8.61. The summed E-state index contributed by atoms with van der Waals surface area (Å²) in [6.07, 6.45) is 2.59. The van der Waals surface area contributed by atoms with Crippen molar-refractivity contribution in [2.45, 2.75) is 32.2 Å². The maximum absolute atomic E-state index is 12.8. The number of rotatable bonds is 6. The van der Waals surface area contributed by atoms with Crippen molar-refractivity contribution in [3.63, 3.8) is 0 Å². The van der Waals surface area contributed by atoms with Crippen LogP contribution in [-0.2, 0) is 18.3 Å². The van der Waals surface area contributed by atoms with Crippen LogP contribution in [0.3, 0.4) is 0 Å². The monoisotopic (exact) mass is 462 g/mol. The number of nitrogens with zero attached hydrogens (tertiary/aromatic N) is 3. The number of likely N-dealkylation sites (tertiary alicyclic amines) is 1. The lowest BCUT2D eigenvalue weighted by Gasteiger charge is -2.24. The number of carbonyl (C=O) groups is 2. The number of anilines is 1. The van der Waals surface area contributed by atoms with E-state index in [4.69, 9.17) is 0 Å². The Bertz CT molecular complexity index is 1370. The van der Waals surface area contributed by atoms with Gasteiger partial charge in [0.15, 0.2) is 0 Å². The van der Waals surface area contributed by atoms with Crippen molar-refractivity contribution in [3.05, 3.63) is 58.7 Å². The Labute approximate surface area is 195 Å². The Kier molecular flexibility index (Phi) is 5.64. The minimum atomic E-state index is -0.881. The lowest BCUT2D eigenvalue weighted by molar-refractivity contribution is -0.117. The number of thiophene rings is 1. The minimum absolute atomic E-state index is 0.0671. The lowest BCUT2D eigenvalue weighted by atomic mass is 10.0. The first-order chi connectivity index (χ1) is 15.9. The van der Waals surface area contributed by atoms with Gasteiger partial charge in [-0.2, -0.15) is 0 Å². The van der Waals surface area contributed by atoms with Gasteiger partial charge in [0.05, 0.1) is 17.6 Å². The molecule has 0 aliphatic carbocycles. The zero-order chi connectivity index (χ0) is 23.1. The first kappa shape index (κ1) is 21.6. The van der Waals surface area contributed by atoms with Crippen LogP contribution >= 0.6 is 11.3 Å². The number of imidazole rings is 1. The molecule has 1 aliphatic heterocycles. The van der Waals surface area contributed by atoms with Crippen LogP contribution in [-0.4, -0.2) is 50.6 Å². The highest BCUT2D eigenvalue weighted by atomic mass is 32.1. The molecule has 4 aromatic rings. The van der Waals surface area contributed by atoms with Gasteiger partial charge in [-0.15, -0.1) is 11.3 Å². The number of hydrogen-bond donors (Lipinski definition) is 2. The maximum Gasteiger partial charge on any atom is 0.346 e. The molecule has 0 radical (unpaired) electrons. The van der Waals surface area contributed by atoms with Crippen LogP contribution in [0.1, 0.15) is 33.9 Å². The highest BCUT2D eigenvalue weighted by molar-refractivity contribution is 7.21. The molecule has 1 amide bonds. The normalized spacial score (nSPS) is 16.6. The number of carbonyl (C=O) groups excluding carboxylic acids is 1. The molecule has 2 aromatic carbocycles. The van der Waals surface area contributed by atoms with Gasteiger partial charge in [-0.25, -0.2) is 9.78 Å². The summed E-state index contributed by atoms with van der Waals surface area (Å²) in [5, 5.41) is 13.8. The number of benzene rings is 2. The van der Waals surface area contributed by atoms with E-state index in [2.05, 4.69) is 15.2 Å². The van der Waals surface area contributed by atoms with Gasteiger partial charge in [0, 0.05) is 23.5 Å². The first-order valence-electron chi connectivity index (χ1n) is 11.1. The van der Waals surface area contributed by atoms with E-state index < -0.39 is 5.97 Å². The lowest BCUT2D eigenvalue weighted by Crippen LogP contribution is -2.38. The largest absolute Gasteiger partial charge is 0.477 e. The van der Waals surface area contributed by atoms with E-state index in [1.165, 1.54) is 11.3 Å². The Morgan fingerprint density at radius 1 is 1.24 bits per heavy atom. The molecule has 5 rings (SSSR count). The van der Waals surface area contributed by atoms with Crippen LogP contribution in [0.5, 0.6) is 0 Å². The maximum atomic E-state index is 12.8. The standard InChI is InChI=1S/C25H26N4O3S/c1-15-26-20-12-16(9-10-21(20)28(15)2)27-23(30)14-29-11-5-6-17(29)13-19-18-7-3-4-8-22(18)33-24(19)25(31)32/h3-4,7-10,12,17H,5-6,11,13-14H2,1-2H3,(H,27,30)(H,31,32). The Morgan fingerprint density at radius 2 is 2.06 bits per heavy atom. The fourth-order valence-corrected chi connectivity index (χ4v) is 5.90. The van der Waals surface area contributed by atoms with E-state index in [1.54, 1.807) is 0 Å². The second-order valence-electron chi connectivity index (χ2n) is 8.65. The summed E-state index contributed by atoms with van der Waals surface area (Å²) in [7, 11) is 1.98. The van der Waals surface area contributed by atoms with Crippen molar-refractivity contribution in [1.29, 1.82) is 0 Å². The predicted octanol–water partition coefficient (Wildman–Crippen LogP) is 4.44. The molecule has 0 spiro atoms. The molecule has 1 saturated heterocycles. The Hall–Kier alpha value is -3.23. The summed E-state index contributed by atoms with van der Waals surface area (Å²) in [4.78, 5) is 31.8. The van der Waals surface area contributed by atoms with Crippen LogP contribution in [0.2, 0.25) is 0 Å². The van der Waals surface area contributed by atoms with Crippen LogP contribution in [0, 0.1) is 6.92 Å². The van der Waals surface area contributed by atoms with Crippen molar-refractivity contribution in [2.24, 2.45) is 7.05 Å².